The molecule has 3 nitrogen and oxygen atoms in total. The highest BCUT2D eigenvalue weighted by Gasteiger charge is 2.19. The summed E-state index contributed by atoms with van der Waals surface area (Å²) in [6, 6.07) is 5.68. The molecule has 2 rings (SSSR count). The van der Waals surface area contributed by atoms with Gasteiger partial charge in [-0.05, 0) is 51.4 Å². The molecule has 0 aromatic heterocycles. The number of Topliss-reactive ketones (excluding diaryl/α,β-unsaturated/α-hetero) is 1. The number of phenolic OH excluding ortho intramolecular Hbond substituents is 1. The van der Waals surface area contributed by atoms with Crippen molar-refractivity contribution in [1.82, 2.24) is 4.90 Å². The first-order valence-corrected chi connectivity index (χ1v) is 6.65. The molecule has 1 saturated heterocycles. The average molecular weight is 247 g/mol. The van der Waals surface area contributed by atoms with Crippen LogP contribution in [-0.4, -0.2) is 28.4 Å². The fraction of sp³-hybridized carbons (Fsp3) is 0.533. The topological polar surface area (TPSA) is 40.5 Å². The molecule has 1 fully saturated rings. The van der Waals surface area contributed by atoms with Crippen LogP contribution in [-0.2, 0) is 6.54 Å². The fourth-order valence-corrected chi connectivity index (χ4v) is 2.54. The van der Waals surface area contributed by atoms with E-state index >= 15 is 0 Å². The van der Waals surface area contributed by atoms with Crippen LogP contribution in [0.5, 0.6) is 5.75 Å². The lowest BCUT2D eigenvalue weighted by atomic mass is 10.0. The molecule has 0 aliphatic carbocycles. The second-order valence-electron chi connectivity index (χ2n) is 5.21. The van der Waals surface area contributed by atoms with Crippen LogP contribution in [0.3, 0.4) is 0 Å². The third-order valence-electron chi connectivity index (χ3n) is 3.80. The number of benzene rings is 1. The van der Waals surface area contributed by atoms with Gasteiger partial charge in [0.2, 0.25) is 0 Å². The summed E-state index contributed by atoms with van der Waals surface area (Å²) in [6.07, 6.45) is 3.72. The SMILES string of the molecule is CC(=O)c1ccc(O)c(CN2CCCCC2C)c1. The van der Waals surface area contributed by atoms with E-state index in [0.29, 0.717) is 11.6 Å². The van der Waals surface area contributed by atoms with Crippen LogP contribution < -0.4 is 0 Å². The lowest BCUT2D eigenvalue weighted by molar-refractivity contribution is 0.101. The summed E-state index contributed by atoms with van der Waals surface area (Å²) in [5.74, 6) is 0.334. The zero-order chi connectivity index (χ0) is 13.1. The van der Waals surface area contributed by atoms with Crippen molar-refractivity contribution in [2.24, 2.45) is 0 Å². The summed E-state index contributed by atoms with van der Waals surface area (Å²) in [5, 5.41) is 9.90. The van der Waals surface area contributed by atoms with Gasteiger partial charge in [-0.1, -0.05) is 6.42 Å². The van der Waals surface area contributed by atoms with E-state index < -0.39 is 0 Å². The summed E-state index contributed by atoms with van der Waals surface area (Å²) in [7, 11) is 0. The van der Waals surface area contributed by atoms with Crippen molar-refractivity contribution in [2.45, 2.75) is 45.7 Å². The first-order valence-electron chi connectivity index (χ1n) is 6.65. The van der Waals surface area contributed by atoms with Gasteiger partial charge in [-0.15, -0.1) is 0 Å². The van der Waals surface area contributed by atoms with Crippen molar-refractivity contribution in [3.8, 4) is 5.75 Å². The Bertz CT molecular complexity index is 442. The number of carbonyl (C=O) groups excluding carboxylic acids is 1. The maximum atomic E-state index is 11.4. The van der Waals surface area contributed by atoms with Crippen LogP contribution in [0.2, 0.25) is 0 Å². The molecule has 1 N–H and O–H groups in total. The van der Waals surface area contributed by atoms with Gasteiger partial charge in [0.25, 0.3) is 0 Å². The van der Waals surface area contributed by atoms with Crippen LogP contribution in [0.25, 0.3) is 0 Å². The average Bonchev–Trinajstić information content (AvgIpc) is 2.34. The van der Waals surface area contributed by atoms with Gasteiger partial charge < -0.3 is 5.11 Å². The zero-order valence-electron chi connectivity index (χ0n) is 11.1. The third kappa shape index (κ3) is 2.91. The molecule has 1 heterocycles. The second-order valence-corrected chi connectivity index (χ2v) is 5.21. The molecule has 1 atom stereocenters. The number of likely N-dealkylation sites (tertiary alicyclic amines) is 1. The normalized spacial score (nSPS) is 20.9. The molecule has 0 saturated carbocycles. The molecule has 0 spiro atoms. The number of carbonyl (C=O) groups is 1. The number of phenols is 1. The van der Waals surface area contributed by atoms with Gasteiger partial charge in [0.15, 0.2) is 5.78 Å². The van der Waals surface area contributed by atoms with Gasteiger partial charge in [-0.2, -0.15) is 0 Å². The first kappa shape index (κ1) is 13.1. The number of hydrogen-bond donors (Lipinski definition) is 1. The lowest BCUT2D eigenvalue weighted by Gasteiger charge is -2.33. The predicted molar refractivity (Wildman–Crippen MR) is 71.8 cm³/mol. The summed E-state index contributed by atoms with van der Waals surface area (Å²) in [6.45, 7) is 5.59. The van der Waals surface area contributed by atoms with Gasteiger partial charge >= 0.3 is 0 Å². The molecule has 18 heavy (non-hydrogen) atoms. The summed E-state index contributed by atoms with van der Waals surface area (Å²) in [5.41, 5.74) is 1.53. The van der Waals surface area contributed by atoms with Gasteiger partial charge in [0.1, 0.15) is 5.75 Å². The highest BCUT2D eigenvalue weighted by molar-refractivity contribution is 5.94. The first-order chi connectivity index (χ1) is 8.58. The van der Waals surface area contributed by atoms with Crippen molar-refractivity contribution in [1.29, 1.82) is 0 Å². The van der Waals surface area contributed by atoms with E-state index in [-0.39, 0.29) is 11.5 Å². The predicted octanol–water partition coefficient (Wildman–Crippen LogP) is 2.97. The van der Waals surface area contributed by atoms with Crippen LogP contribution >= 0.6 is 0 Å². The molecule has 98 valence electrons. The summed E-state index contributed by atoms with van der Waals surface area (Å²) >= 11 is 0. The van der Waals surface area contributed by atoms with Crippen LogP contribution in [0.4, 0.5) is 0 Å². The lowest BCUT2D eigenvalue weighted by Crippen LogP contribution is -2.36. The molecule has 0 amide bonds. The minimum Gasteiger partial charge on any atom is -0.508 e. The van der Waals surface area contributed by atoms with Crippen molar-refractivity contribution >= 4 is 5.78 Å². The van der Waals surface area contributed by atoms with E-state index in [0.717, 1.165) is 18.7 Å². The van der Waals surface area contributed by atoms with Crippen molar-refractivity contribution in [2.75, 3.05) is 6.54 Å². The van der Waals surface area contributed by atoms with E-state index in [2.05, 4.69) is 11.8 Å². The van der Waals surface area contributed by atoms with Gasteiger partial charge in [0.05, 0.1) is 0 Å². The molecule has 1 aliphatic rings. The Hall–Kier alpha value is -1.35. The Morgan fingerprint density at radius 3 is 2.89 bits per heavy atom. The van der Waals surface area contributed by atoms with Gasteiger partial charge in [-0.3, -0.25) is 9.69 Å². The molecular weight excluding hydrogens is 226 g/mol. The Labute approximate surface area is 108 Å². The maximum Gasteiger partial charge on any atom is 0.159 e. The number of nitrogens with zero attached hydrogens (tertiary/aromatic N) is 1. The van der Waals surface area contributed by atoms with Crippen molar-refractivity contribution in [3.63, 3.8) is 0 Å². The summed E-state index contributed by atoms with van der Waals surface area (Å²) in [4.78, 5) is 13.7. The fourth-order valence-electron chi connectivity index (χ4n) is 2.54. The number of aromatic hydroxyl groups is 1. The summed E-state index contributed by atoms with van der Waals surface area (Å²) < 4.78 is 0. The van der Waals surface area contributed by atoms with E-state index in [1.54, 1.807) is 19.1 Å². The third-order valence-corrected chi connectivity index (χ3v) is 3.80. The largest absolute Gasteiger partial charge is 0.508 e. The molecule has 1 aliphatic heterocycles. The van der Waals surface area contributed by atoms with Gasteiger partial charge in [-0.25, -0.2) is 0 Å². The number of piperidine rings is 1. The minimum atomic E-state index is 0.0444. The van der Waals surface area contributed by atoms with Crippen molar-refractivity contribution < 1.29 is 9.90 Å². The highest BCUT2D eigenvalue weighted by atomic mass is 16.3. The van der Waals surface area contributed by atoms with E-state index in [4.69, 9.17) is 0 Å². The number of ketones is 1. The van der Waals surface area contributed by atoms with Crippen molar-refractivity contribution in [3.05, 3.63) is 29.3 Å². The Balaban J connectivity index is 2.17. The van der Waals surface area contributed by atoms with Crippen LogP contribution in [0.15, 0.2) is 18.2 Å². The van der Waals surface area contributed by atoms with E-state index in [1.165, 1.54) is 19.3 Å². The van der Waals surface area contributed by atoms with E-state index in [1.807, 2.05) is 6.07 Å². The Kier molecular flexibility index (Phi) is 4.02. The Morgan fingerprint density at radius 1 is 1.44 bits per heavy atom. The monoisotopic (exact) mass is 247 g/mol. The number of rotatable bonds is 3. The van der Waals surface area contributed by atoms with Crippen LogP contribution in [0, 0.1) is 0 Å². The maximum absolute atomic E-state index is 11.4. The molecule has 1 unspecified atom stereocenters. The van der Waals surface area contributed by atoms with Crippen LogP contribution in [0.1, 0.15) is 49.0 Å². The minimum absolute atomic E-state index is 0.0444. The molecule has 1 aromatic rings. The molecule has 0 bridgehead atoms. The quantitative estimate of drug-likeness (QED) is 0.835. The zero-order valence-corrected chi connectivity index (χ0v) is 11.1. The Morgan fingerprint density at radius 2 is 2.22 bits per heavy atom. The molecule has 3 heteroatoms. The second kappa shape index (κ2) is 5.53. The molecular formula is C15H21NO2. The standard InChI is InChI=1S/C15H21NO2/c1-11-5-3-4-8-16(11)10-14-9-13(12(2)17)6-7-15(14)18/h6-7,9,11,18H,3-5,8,10H2,1-2H3. The molecule has 0 radical (unpaired) electrons. The molecule has 1 aromatic carbocycles. The van der Waals surface area contributed by atoms with E-state index in [9.17, 15) is 9.90 Å². The highest BCUT2D eigenvalue weighted by Crippen LogP contribution is 2.24. The smallest absolute Gasteiger partial charge is 0.159 e. The number of hydrogen-bond acceptors (Lipinski definition) is 3. The van der Waals surface area contributed by atoms with Gasteiger partial charge in [0, 0.05) is 23.7 Å².